The van der Waals surface area contributed by atoms with Gasteiger partial charge in [-0.3, -0.25) is 9.69 Å². The Kier molecular flexibility index (Phi) is 6.69. The number of carbonyl (C=O) groups is 1. The van der Waals surface area contributed by atoms with Crippen LogP contribution in [-0.4, -0.2) is 29.4 Å². The van der Waals surface area contributed by atoms with Crippen LogP contribution in [0.5, 0.6) is 0 Å². The predicted molar refractivity (Wildman–Crippen MR) is 84.2 cm³/mol. The van der Waals surface area contributed by atoms with Crippen LogP contribution in [0.2, 0.25) is 5.02 Å². The Bertz CT molecular complexity index is 492. The fraction of sp³-hybridized carbons (Fsp3) is 0.385. The Morgan fingerprint density at radius 1 is 1.47 bits per heavy atom. The third kappa shape index (κ3) is 4.71. The summed E-state index contributed by atoms with van der Waals surface area (Å²) in [5.41, 5.74) is 0.719. The normalized spacial score (nSPS) is 11.5. The van der Waals surface area contributed by atoms with Gasteiger partial charge in [-0.1, -0.05) is 18.5 Å². The van der Waals surface area contributed by atoms with Crippen LogP contribution >= 0.6 is 35.0 Å². The molecule has 1 aromatic rings. The lowest BCUT2D eigenvalue weighted by Crippen LogP contribution is -2.28. The van der Waals surface area contributed by atoms with Gasteiger partial charge in [0.1, 0.15) is 5.84 Å². The van der Waals surface area contributed by atoms with Crippen molar-refractivity contribution in [2.75, 3.05) is 13.3 Å². The Balaban J connectivity index is 3.08. The summed E-state index contributed by atoms with van der Waals surface area (Å²) in [6, 6.07) is 5.58. The lowest BCUT2D eigenvalue weighted by atomic mass is 10.3. The van der Waals surface area contributed by atoms with Crippen LogP contribution in [0.3, 0.4) is 0 Å². The van der Waals surface area contributed by atoms with Crippen LogP contribution in [0.25, 0.3) is 0 Å². The maximum atomic E-state index is 11.2. The second-order valence-electron chi connectivity index (χ2n) is 3.91. The van der Waals surface area contributed by atoms with Crippen molar-refractivity contribution in [3.63, 3.8) is 0 Å². The molecule has 0 N–H and O–H groups in total. The SMILES string of the molecule is CCCC(=Nc1ccc(SC)c(Cl)c1)N(C)C(=O)Cl. The summed E-state index contributed by atoms with van der Waals surface area (Å²) in [5.74, 6) is 0.635. The van der Waals surface area contributed by atoms with Gasteiger partial charge in [0.15, 0.2) is 0 Å². The van der Waals surface area contributed by atoms with E-state index < -0.39 is 5.37 Å². The molecule has 0 atom stereocenters. The van der Waals surface area contributed by atoms with E-state index in [2.05, 4.69) is 4.99 Å². The van der Waals surface area contributed by atoms with Crippen molar-refractivity contribution in [3.8, 4) is 0 Å². The van der Waals surface area contributed by atoms with Crippen LogP contribution in [-0.2, 0) is 0 Å². The second-order valence-corrected chi connectivity index (χ2v) is 5.49. The molecule has 0 heterocycles. The van der Waals surface area contributed by atoms with Crippen LogP contribution < -0.4 is 0 Å². The Morgan fingerprint density at radius 2 is 2.16 bits per heavy atom. The summed E-state index contributed by atoms with van der Waals surface area (Å²) < 4.78 is 0. The molecule has 0 unspecified atom stereocenters. The summed E-state index contributed by atoms with van der Waals surface area (Å²) in [5, 5.41) is 0.114. The van der Waals surface area contributed by atoms with Crippen molar-refractivity contribution in [2.24, 2.45) is 4.99 Å². The zero-order valence-electron chi connectivity index (χ0n) is 11.1. The molecule has 0 aliphatic carbocycles. The molecule has 104 valence electrons. The quantitative estimate of drug-likeness (QED) is 0.252. The Labute approximate surface area is 128 Å². The highest BCUT2D eigenvalue weighted by atomic mass is 35.5. The first-order chi connectivity index (χ1) is 8.99. The number of hydrogen-bond donors (Lipinski definition) is 0. The van der Waals surface area contributed by atoms with Gasteiger partial charge in [0.25, 0.3) is 0 Å². The average Bonchev–Trinajstić information content (AvgIpc) is 2.37. The van der Waals surface area contributed by atoms with Gasteiger partial charge in [0.2, 0.25) is 0 Å². The topological polar surface area (TPSA) is 32.7 Å². The minimum absolute atomic E-state index is 0.543. The van der Waals surface area contributed by atoms with Gasteiger partial charge < -0.3 is 0 Å². The smallest absolute Gasteiger partial charge is 0.290 e. The number of thioether (sulfide) groups is 1. The van der Waals surface area contributed by atoms with E-state index in [1.165, 1.54) is 4.90 Å². The van der Waals surface area contributed by atoms with E-state index >= 15 is 0 Å². The first-order valence-corrected chi connectivity index (χ1v) is 7.82. The molecule has 1 rings (SSSR count). The first-order valence-electron chi connectivity index (χ1n) is 5.83. The van der Waals surface area contributed by atoms with Crippen molar-refractivity contribution < 1.29 is 4.79 Å². The average molecular weight is 319 g/mol. The molecule has 1 aromatic carbocycles. The molecule has 0 saturated carbocycles. The largest absolute Gasteiger partial charge is 0.321 e. The molecule has 0 fully saturated rings. The number of aliphatic imine (C=N–C) groups is 1. The van der Waals surface area contributed by atoms with Crippen molar-refractivity contribution in [1.29, 1.82) is 0 Å². The van der Waals surface area contributed by atoms with Crippen LogP contribution in [0.1, 0.15) is 19.8 Å². The standard InChI is InChI=1S/C13H16Cl2N2OS/c1-4-5-12(17(2)13(15)18)16-9-6-7-11(19-3)10(14)8-9/h6-8H,4-5H2,1-3H3. The monoisotopic (exact) mass is 318 g/mol. The molecular formula is C13H16Cl2N2OS. The fourth-order valence-corrected chi connectivity index (χ4v) is 2.46. The number of amides is 1. The number of amidine groups is 1. The minimum Gasteiger partial charge on any atom is -0.290 e. The first kappa shape index (κ1) is 16.3. The molecular weight excluding hydrogens is 303 g/mol. The van der Waals surface area contributed by atoms with E-state index in [9.17, 15) is 4.79 Å². The van der Waals surface area contributed by atoms with Gasteiger partial charge in [-0.05, 0) is 42.5 Å². The highest BCUT2D eigenvalue weighted by Crippen LogP contribution is 2.29. The maximum absolute atomic E-state index is 11.2. The van der Waals surface area contributed by atoms with Crippen LogP contribution in [0.15, 0.2) is 28.1 Å². The fourth-order valence-electron chi connectivity index (χ4n) is 1.50. The summed E-state index contributed by atoms with van der Waals surface area (Å²) in [7, 11) is 1.61. The third-order valence-corrected chi connectivity index (χ3v) is 3.99. The van der Waals surface area contributed by atoms with Crippen molar-refractivity contribution in [2.45, 2.75) is 24.7 Å². The maximum Gasteiger partial charge on any atom is 0.321 e. The van der Waals surface area contributed by atoms with Gasteiger partial charge >= 0.3 is 5.37 Å². The summed E-state index contributed by atoms with van der Waals surface area (Å²) in [6.07, 6.45) is 3.52. The third-order valence-electron chi connectivity index (χ3n) is 2.52. The van der Waals surface area contributed by atoms with E-state index in [1.54, 1.807) is 24.9 Å². The van der Waals surface area contributed by atoms with E-state index in [0.29, 0.717) is 17.3 Å². The minimum atomic E-state index is -0.543. The molecule has 6 heteroatoms. The van der Waals surface area contributed by atoms with Gasteiger partial charge in [0, 0.05) is 18.4 Å². The molecule has 0 bridgehead atoms. The zero-order chi connectivity index (χ0) is 14.4. The zero-order valence-corrected chi connectivity index (χ0v) is 13.4. The molecule has 0 saturated heterocycles. The molecule has 3 nitrogen and oxygen atoms in total. The molecule has 0 aliphatic rings. The molecule has 1 amide bonds. The van der Waals surface area contributed by atoms with E-state index in [0.717, 1.165) is 17.0 Å². The molecule has 0 radical (unpaired) electrons. The number of rotatable bonds is 4. The summed E-state index contributed by atoms with van der Waals surface area (Å²) >= 11 is 13.2. The van der Waals surface area contributed by atoms with Gasteiger partial charge in [-0.15, -0.1) is 11.8 Å². The summed E-state index contributed by atoms with van der Waals surface area (Å²) in [4.78, 5) is 18.0. The molecule has 0 aromatic heterocycles. The molecule has 19 heavy (non-hydrogen) atoms. The molecule has 0 spiro atoms. The van der Waals surface area contributed by atoms with Crippen LogP contribution in [0, 0.1) is 0 Å². The highest BCUT2D eigenvalue weighted by molar-refractivity contribution is 7.98. The predicted octanol–water partition coefficient (Wildman–Crippen LogP) is 5.18. The number of hydrogen-bond acceptors (Lipinski definition) is 3. The van der Waals surface area contributed by atoms with Gasteiger partial charge in [0.05, 0.1) is 10.7 Å². The van der Waals surface area contributed by atoms with Crippen molar-refractivity contribution in [1.82, 2.24) is 4.90 Å². The number of carbonyl (C=O) groups excluding carboxylic acids is 1. The Hall–Kier alpha value is -0.710. The highest BCUT2D eigenvalue weighted by Gasteiger charge is 2.12. The number of benzene rings is 1. The van der Waals surface area contributed by atoms with E-state index in [4.69, 9.17) is 23.2 Å². The molecule has 0 aliphatic heterocycles. The Morgan fingerprint density at radius 3 is 2.63 bits per heavy atom. The number of halogens is 2. The van der Waals surface area contributed by atoms with Gasteiger partial charge in [-0.25, -0.2) is 4.99 Å². The lowest BCUT2D eigenvalue weighted by Gasteiger charge is -2.16. The number of nitrogens with zero attached hydrogens (tertiary/aromatic N) is 2. The van der Waals surface area contributed by atoms with Crippen molar-refractivity contribution in [3.05, 3.63) is 23.2 Å². The summed E-state index contributed by atoms with van der Waals surface area (Å²) in [6.45, 7) is 2.02. The van der Waals surface area contributed by atoms with Gasteiger partial charge in [-0.2, -0.15) is 0 Å². The van der Waals surface area contributed by atoms with E-state index in [1.807, 2.05) is 25.3 Å². The van der Waals surface area contributed by atoms with Crippen LogP contribution in [0.4, 0.5) is 10.5 Å². The lowest BCUT2D eigenvalue weighted by molar-refractivity contribution is 0.247. The van der Waals surface area contributed by atoms with E-state index in [-0.39, 0.29) is 0 Å². The van der Waals surface area contributed by atoms with Crippen molar-refractivity contribution >= 4 is 51.9 Å². The second kappa shape index (κ2) is 7.78.